The van der Waals surface area contributed by atoms with Crippen LogP contribution in [-0.4, -0.2) is 22.7 Å². The highest BCUT2D eigenvalue weighted by Gasteiger charge is 2.41. The van der Waals surface area contributed by atoms with Crippen LogP contribution in [0.1, 0.15) is 41.1 Å². The third-order valence-electron chi connectivity index (χ3n) is 2.32. The van der Waals surface area contributed by atoms with Crippen molar-refractivity contribution >= 4 is 5.97 Å². The Bertz CT molecular complexity index is 434. The molecule has 0 saturated carbocycles. The lowest BCUT2D eigenvalue weighted by atomic mass is 10.1. The molecule has 0 amide bonds. The molecule has 0 aliphatic carbocycles. The lowest BCUT2D eigenvalue weighted by Crippen LogP contribution is -2.06. The number of aromatic carboxylic acids is 1. The normalized spacial score (nSPS) is 20.8. The molecule has 94 valence electrons. The summed E-state index contributed by atoms with van der Waals surface area (Å²) in [7, 11) is 0. The van der Waals surface area contributed by atoms with E-state index in [2.05, 4.69) is 9.40 Å². The molecule has 0 radical (unpaired) electrons. The highest BCUT2D eigenvalue weighted by atomic mass is 19.4. The predicted molar refractivity (Wildman–Crippen MR) is 46.4 cm³/mol. The van der Waals surface area contributed by atoms with Crippen LogP contribution in [0.3, 0.4) is 0 Å². The van der Waals surface area contributed by atoms with Gasteiger partial charge in [-0.05, 0) is 12.8 Å². The Morgan fingerprint density at radius 2 is 2.18 bits per heavy atom. The number of ether oxygens (including phenoxy) is 1. The Kier molecular flexibility index (Phi) is 2.82. The van der Waals surface area contributed by atoms with E-state index in [1.807, 2.05) is 0 Å². The summed E-state index contributed by atoms with van der Waals surface area (Å²) in [5.41, 5.74) is -0.290. The summed E-state index contributed by atoms with van der Waals surface area (Å²) >= 11 is 0. The molecule has 1 saturated heterocycles. The van der Waals surface area contributed by atoms with Crippen LogP contribution in [0.2, 0.25) is 0 Å². The number of nitrogens with zero attached hydrogens (tertiary/aromatic N) is 1. The Morgan fingerprint density at radius 1 is 1.47 bits per heavy atom. The summed E-state index contributed by atoms with van der Waals surface area (Å²) < 4.78 is 46.4. The van der Waals surface area contributed by atoms with Gasteiger partial charge in [0.1, 0.15) is 11.8 Å². The van der Waals surface area contributed by atoms with Gasteiger partial charge in [0.2, 0.25) is 5.76 Å². The Balaban J connectivity index is 2.42. The van der Waals surface area contributed by atoms with Gasteiger partial charge < -0.3 is 14.3 Å². The molecule has 1 aliphatic heterocycles. The molecule has 2 rings (SSSR count). The molecule has 8 heteroatoms. The smallest absolute Gasteiger partial charge is 0.468 e. The van der Waals surface area contributed by atoms with Crippen molar-refractivity contribution < 1.29 is 32.2 Å². The predicted octanol–water partition coefficient (Wildman–Crippen LogP) is 2.24. The maximum atomic E-state index is 12.3. The molecule has 0 spiro atoms. The van der Waals surface area contributed by atoms with Gasteiger partial charge in [-0.15, -0.1) is 0 Å². The molecule has 1 aromatic heterocycles. The molecule has 0 aromatic carbocycles. The summed E-state index contributed by atoms with van der Waals surface area (Å²) in [4.78, 5) is 13.9. The lowest BCUT2D eigenvalue weighted by Gasteiger charge is -2.04. The number of halogens is 3. The zero-order chi connectivity index (χ0) is 12.6. The molecule has 0 bridgehead atoms. The number of carboxylic acid groups (broad SMARTS) is 1. The van der Waals surface area contributed by atoms with Crippen molar-refractivity contribution in [2.45, 2.75) is 25.1 Å². The van der Waals surface area contributed by atoms with Crippen LogP contribution in [0.4, 0.5) is 13.2 Å². The number of hydrogen-bond acceptors (Lipinski definition) is 4. The molecular weight excluding hydrogens is 243 g/mol. The van der Waals surface area contributed by atoms with Crippen molar-refractivity contribution in [3.05, 3.63) is 17.3 Å². The van der Waals surface area contributed by atoms with Crippen molar-refractivity contribution in [1.82, 2.24) is 4.98 Å². The van der Waals surface area contributed by atoms with E-state index in [9.17, 15) is 18.0 Å². The first kappa shape index (κ1) is 11.9. The molecule has 1 unspecified atom stereocenters. The fraction of sp³-hybridized carbons (Fsp3) is 0.556. The van der Waals surface area contributed by atoms with Crippen molar-refractivity contribution in [3.63, 3.8) is 0 Å². The summed E-state index contributed by atoms with van der Waals surface area (Å²) in [6, 6.07) is 0. The van der Waals surface area contributed by atoms with Crippen molar-refractivity contribution in [1.29, 1.82) is 0 Å². The van der Waals surface area contributed by atoms with E-state index >= 15 is 0 Å². The average molecular weight is 251 g/mol. The number of hydrogen-bond donors (Lipinski definition) is 1. The van der Waals surface area contributed by atoms with Gasteiger partial charge in [0.15, 0.2) is 0 Å². The molecule has 1 aliphatic rings. The summed E-state index contributed by atoms with van der Waals surface area (Å²) in [5.74, 6) is -3.94. The largest absolute Gasteiger partial charge is 0.475 e. The van der Waals surface area contributed by atoms with Gasteiger partial charge in [-0.1, -0.05) is 0 Å². The quantitative estimate of drug-likeness (QED) is 0.872. The number of rotatable bonds is 2. The molecule has 1 fully saturated rings. The van der Waals surface area contributed by atoms with Gasteiger partial charge >= 0.3 is 18.0 Å². The van der Waals surface area contributed by atoms with Gasteiger partial charge in [0, 0.05) is 6.61 Å². The lowest BCUT2D eigenvalue weighted by molar-refractivity contribution is -0.157. The van der Waals surface area contributed by atoms with Gasteiger partial charge in [0.25, 0.3) is 0 Å². The maximum absolute atomic E-state index is 12.3. The minimum absolute atomic E-state index is 0.290. The topological polar surface area (TPSA) is 72.6 Å². The fourth-order valence-electron chi connectivity index (χ4n) is 1.62. The number of carbonyl (C=O) groups is 1. The van der Waals surface area contributed by atoms with Crippen LogP contribution in [0.25, 0.3) is 0 Å². The fourth-order valence-corrected chi connectivity index (χ4v) is 1.62. The first-order valence-corrected chi connectivity index (χ1v) is 4.82. The number of oxazole rings is 1. The molecule has 5 nitrogen and oxygen atoms in total. The highest BCUT2D eigenvalue weighted by Crippen LogP contribution is 2.35. The van der Waals surface area contributed by atoms with E-state index in [1.54, 1.807) is 0 Å². The first-order chi connectivity index (χ1) is 7.89. The van der Waals surface area contributed by atoms with E-state index in [4.69, 9.17) is 9.84 Å². The second-order valence-corrected chi connectivity index (χ2v) is 3.54. The molecular formula is C9H8F3NO4. The third kappa shape index (κ3) is 2.26. The second kappa shape index (κ2) is 4.02. The van der Waals surface area contributed by atoms with E-state index in [0.29, 0.717) is 19.4 Å². The zero-order valence-corrected chi connectivity index (χ0v) is 8.45. The van der Waals surface area contributed by atoms with Crippen molar-refractivity contribution in [2.75, 3.05) is 6.61 Å². The average Bonchev–Trinajstić information content (AvgIpc) is 2.85. The minimum Gasteiger partial charge on any atom is -0.475 e. The second-order valence-electron chi connectivity index (χ2n) is 3.54. The molecule has 1 atom stereocenters. The molecule has 17 heavy (non-hydrogen) atoms. The van der Waals surface area contributed by atoms with Crippen LogP contribution in [0.5, 0.6) is 0 Å². The highest BCUT2D eigenvalue weighted by molar-refractivity contribution is 5.85. The van der Waals surface area contributed by atoms with Gasteiger partial charge in [-0.2, -0.15) is 13.2 Å². The first-order valence-electron chi connectivity index (χ1n) is 4.82. The number of aromatic nitrogens is 1. The van der Waals surface area contributed by atoms with Crippen LogP contribution < -0.4 is 0 Å². The molecule has 2 heterocycles. The van der Waals surface area contributed by atoms with Crippen LogP contribution in [0, 0.1) is 0 Å². The van der Waals surface area contributed by atoms with Crippen molar-refractivity contribution in [2.24, 2.45) is 0 Å². The minimum atomic E-state index is -4.80. The summed E-state index contributed by atoms with van der Waals surface area (Å²) in [6.45, 7) is 0.373. The van der Waals surface area contributed by atoms with Crippen LogP contribution in [0.15, 0.2) is 4.42 Å². The summed E-state index contributed by atoms with van der Waals surface area (Å²) in [5, 5.41) is 8.75. The third-order valence-corrected chi connectivity index (χ3v) is 2.32. The monoisotopic (exact) mass is 251 g/mol. The van der Waals surface area contributed by atoms with Crippen LogP contribution in [-0.2, 0) is 10.9 Å². The van der Waals surface area contributed by atoms with E-state index < -0.39 is 29.9 Å². The van der Waals surface area contributed by atoms with Gasteiger partial charge in [0.05, 0.1) is 0 Å². The Labute approximate surface area is 93.2 Å². The number of alkyl halides is 3. The SMILES string of the molecule is O=C(O)c1oc(C(F)(F)F)nc1C1CCCO1. The maximum Gasteiger partial charge on any atom is 0.468 e. The zero-order valence-electron chi connectivity index (χ0n) is 8.45. The summed E-state index contributed by atoms with van der Waals surface area (Å²) in [6.07, 6.45) is -4.45. The van der Waals surface area contributed by atoms with Crippen LogP contribution >= 0.6 is 0 Å². The Morgan fingerprint density at radius 3 is 2.65 bits per heavy atom. The Hall–Kier alpha value is -1.57. The molecule has 1 aromatic rings. The van der Waals surface area contributed by atoms with E-state index in [-0.39, 0.29) is 5.69 Å². The van der Waals surface area contributed by atoms with E-state index in [1.165, 1.54) is 0 Å². The van der Waals surface area contributed by atoms with E-state index in [0.717, 1.165) is 0 Å². The number of carboxylic acids is 1. The van der Waals surface area contributed by atoms with Gasteiger partial charge in [-0.25, -0.2) is 9.78 Å². The van der Waals surface area contributed by atoms with Crippen molar-refractivity contribution in [3.8, 4) is 0 Å². The molecule has 1 N–H and O–H groups in total. The standard InChI is InChI=1S/C9H8F3NO4/c10-9(11,12)8-13-5(4-2-1-3-16-4)6(17-8)7(14)15/h4H,1-3H2,(H,14,15). The van der Waals surface area contributed by atoms with Gasteiger partial charge in [-0.3, -0.25) is 0 Å².